The van der Waals surface area contributed by atoms with Crippen LogP contribution in [-0.4, -0.2) is 20.3 Å². The number of methoxy groups -OCH3 is 1. The van der Waals surface area contributed by atoms with E-state index in [9.17, 15) is 13.6 Å². The first-order valence-electron chi connectivity index (χ1n) is 4.10. The number of carbonyl (C=O) groups is 1. The highest BCUT2D eigenvalue weighted by atomic mass is 19.1. The zero-order valence-corrected chi connectivity index (χ0v) is 8.23. The van der Waals surface area contributed by atoms with E-state index in [4.69, 9.17) is 0 Å². The average Bonchev–Trinajstić information content (AvgIpc) is 2.21. The molecular formula is C9H10F2N2O2. The van der Waals surface area contributed by atoms with Gasteiger partial charge in [0.05, 0.1) is 12.8 Å². The summed E-state index contributed by atoms with van der Waals surface area (Å²) in [6.07, 6.45) is -0.822. The second-order valence-electron chi connectivity index (χ2n) is 2.68. The molecule has 1 aromatic carbocycles. The van der Waals surface area contributed by atoms with Crippen molar-refractivity contribution in [3.63, 3.8) is 0 Å². The Morgan fingerprint density at radius 1 is 1.40 bits per heavy atom. The lowest BCUT2D eigenvalue weighted by Gasteiger charge is -2.10. The van der Waals surface area contributed by atoms with E-state index in [1.165, 1.54) is 7.05 Å². The summed E-state index contributed by atoms with van der Waals surface area (Å²) in [6, 6.07) is 1.74. The molecule has 1 rings (SSSR count). The van der Waals surface area contributed by atoms with E-state index in [1.54, 1.807) is 0 Å². The molecule has 0 saturated heterocycles. The van der Waals surface area contributed by atoms with Crippen LogP contribution in [0.3, 0.4) is 0 Å². The molecule has 2 N–H and O–H groups in total. The van der Waals surface area contributed by atoms with Gasteiger partial charge in [0, 0.05) is 13.1 Å². The smallest absolute Gasteiger partial charge is 0.411 e. The molecule has 0 radical (unpaired) electrons. The second-order valence-corrected chi connectivity index (χ2v) is 2.68. The summed E-state index contributed by atoms with van der Waals surface area (Å²) >= 11 is 0. The van der Waals surface area contributed by atoms with Crippen molar-refractivity contribution < 1.29 is 18.3 Å². The highest BCUT2D eigenvalue weighted by molar-refractivity contribution is 5.89. The number of benzene rings is 1. The Labute approximate surface area is 85.2 Å². The number of carbonyl (C=O) groups excluding carboxylic acids is 1. The van der Waals surface area contributed by atoms with E-state index in [2.05, 4.69) is 15.4 Å². The number of hydrogen-bond acceptors (Lipinski definition) is 3. The van der Waals surface area contributed by atoms with Crippen molar-refractivity contribution in [3.05, 3.63) is 23.8 Å². The lowest BCUT2D eigenvalue weighted by molar-refractivity contribution is 0.187. The topological polar surface area (TPSA) is 50.4 Å². The van der Waals surface area contributed by atoms with Crippen LogP contribution in [0.4, 0.5) is 25.0 Å². The molecule has 0 unspecified atom stereocenters. The number of ether oxygens (including phenoxy) is 1. The molecule has 1 amide bonds. The zero-order chi connectivity index (χ0) is 11.4. The Hall–Kier alpha value is -1.85. The maximum Gasteiger partial charge on any atom is 0.411 e. The largest absolute Gasteiger partial charge is 0.453 e. The monoisotopic (exact) mass is 216 g/mol. The maximum absolute atomic E-state index is 13.2. The van der Waals surface area contributed by atoms with Crippen LogP contribution in [0, 0.1) is 11.6 Å². The minimum atomic E-state index is -0.871. The number of hydrogen-bond donors (Lipinski definition) is 2. The Morgan fingerprint density at radius 2 is 2.07 bits per heavy atom. The minimum absolute atomic E-state index is 0.137. The Bertz CT molecular complexity index is 383. The first kappa shape index (κ1) is 11.2. The van der Waals surface area contributed by atoms with Gasteiger partial charge in [0.15, 0.2) is 5.82 Å². The third-order valence-electron chi connectivity index (χ3n) is 1.74. The molecule has 1 aromatic rings. The van der Waals surface area contributed by atoms with E-state index in [-0.39, 0.29) is 11.4 Å². The molecule has 0 atom stereocenters. The molecule has 0 aromatic heterocycles. The molecule has 15 heavy (non-hydrogen) atoms. The van der Waals surface area contributed by atoms with Gasteiger partial charge in [-0.05, 0) is 6.07 Å². The number of halogens is 2. The third kappa shape index (κ3) is 2.55. The molecule has 0 aliphatic carbocycles. The van der Waals surface area contributed by atoms with Crippen molar-refractivity contribution in [2.75, 3.05) is 24.8 Å². The van der Waals surface area contributed by atoms with Gasteiger partial charge in [0.2, 0.25) is 0 Å². The molecule has 0 fully saturated rings. The van der Waals surface area contributed by atoms with Crippen molar-refractivity contribution >= 4 is 17.5 Å². The fourth-order valence-electron chi connectivity index (χ4n) is 1.05. The summed E-state index contributed by atoms with van der Waals surface area (Å²) in [5.41, 5.74) is -0.0105. The van der Waals surface area contributed by atoms with Gasteiger partial charge in [-0.25, -0.2) is 13.6 Å². The molecule has 4 nitrogen and oxygen atoms in total. The fourth-order valence-corrected chi connectivity index (χ4v) is 1.05. The molecule has 0 spiro atoms. The van der Waals surface area contributed by atoms with Crippen LogP contribution in [0.1, 0.15) is 0 Å². The second kappa shape index (κ2) is 4.59. The number of nitrogens with one attached hydrogen (secondary N) is 2. The van der Waals surface area contributed by atoms with Gasteiger partial charge in [0.25, 0.3) is 0 Å². The van der Waals surface area contributed by atoms with Gasteiger partial charge in [-0.2, -0.15) is 0 Å². The van der Waals surface area contributed by atoms with Crippen LogP contribution >= 0.6 is 0 Å². The van der Waals surface area contributed by atoms with Crippen LogP contribution in [-0.2, 0) is 4.74 Å². The lowest BCUT2D eigenvalue weighted by atomic mass is 10.2. The summed E-state index contributed by atoms with van der Waals surface area (Å²) in [5.74, 6) is -1.60. The Balaban J connectivity index is 3.09. The predicted molar refractivity (Wildman–Crippen MR) is 51.9 cm³/mol. The summed E-state index contributed by atoms with van der Waals surface area (Å²) in [6.45, 7) is 0. The van der Waals surface area contributed by atoms with Crippen LogP contribution in [0.5, 0.6) is 0 Å². The van der Waals surface area contributed by atoms with Crippen LogP contribution < -0.4 is 10.6 Å². The van der Waals surface area contributed by atoms with Gasteiger partial charge in [-0.1, -0.05) is 0 Å². The predicted octanol–water partition coefficient (Wildman–Crippen LogP) is 2.18. The third-order valence-corrected chi connectivity index (χ3v) is 1.74. The van der Waals surface area contributed by atoms with E-state index < -0.39 is 17.7 Å². The van der Waals surface area contributed by atoms with Crippen molar-refractivity contribution in [2.24, 2.45) is 0 Å². The highest BCUT2D eigenvalue weighted by Gasteiger charge is 2.13. The molecule has 82 valence electrons. The maximum atomic E-state index is 13.2. The van der Waals surface area contributed by atoms with Crippen LogP contribution in [0.15, 0.2) is 12.1 Å². The number of anilines is 2. The van der Waals surface area contributed by atoms with Crippen molar-refractivity contribution in [3.8, 4) is 0 Å². The summed E-state index contributed by atoms with van der Waals surface area (Å²) < 4.78 is 30.3. The lowest BCUT2D eigenvalue weighted by Crippen LogP contribution is -2.14. The summed E-state index contributed by atoms with van der Waals surface area (Å²) in [4.78, 5) is 10.9. The Kier molecular flexibility index (Phi) is 3.43. The van der Waals surface area contributed by atoms with Crippen molar-refractivity contribution in [1.29, 1.82) is 0 Å². The molecule has 0 aliphatic heterocycles. The first-order chi connectivity index (χ1) is 7.08. The van der Waals surface area contributed by atoms with Crippen LogP contribution in [0.2, 0.25) is 0 Å². The van der Waals surface area contributed by atoms with Gasteiger partial charge >= 0.3 is 6.09 Å². The Morgan fingerprint density at radius 3 is 2.60 bits per heavy atom. The molecule has 0 heterocycles. The minimum Gasteiger partial charge on any atom is -0.453 e. The van der Waals surface area contributed by atoms with E-state index in [0.29, 0.717) is 6.07 Å². The summed E-state index contributed by atoms with van der Waals surface area (Å²) in [7, 11) is 2.63. The average molecular weight is 216 g/mol. The van der Waals surface area contributed by atoms with Crippen molar-refractivity contribution in [1.82, 2.24) is 0 Å². The number of amides is 1. The molecule has 6 heteroatoms. The van der Waals surface area contributed by atoms with E-state index >= 15 is 0 Å². The standard InChI is InChI=1S/C9H10F2N2O2/c1-12-7-4-5(10)3-6(11)8(7)13-9(14)15-2/h3-4,12H,1-2H3,(H,13,14). The van der Waals surface area contributed by atoms with E-state index in [1.807, 2.05) is 0 Å². The van der Waals surface area contributed by atoms with E-state index in [0.717, 1.165) is 13.2 Å². The normalized spacial score (nSPS) is 9.60. The SMILES string of the molecule is CNc1cc(F)cc(F)c1NC(=O)OC. The van der Waals surface area contributed by atoms with Gasteiger partial charge in [-0.15, -0.1) is 0 Å². The zero-order valence-electron chi connectivity index (χ0n) is 8.23. The first-order valence-corrected chi connectivity index (χ1v) is 4.10. The van der Waals surface area contributed by atoms with Gasteiger partial charge in [0.1, 0.15) is 11.5 Å². The summed E-state index contributed by atoms with van der Waals surface area (Å²) in [5, 5.41) is 4.70. The molecule has 0 bridgehead atoms. The fraction of sp³-hybridized carbons (Fsp3) is 0.222. The molecule has 0 saturated carbocycles. The molecule has 0 aliphatic rings. The highest BCUT2D eigenvalue weighted by Crippen LogP contribution is 2.26. The van der Waals surface area contributed by atoms with Gasteiger partial charge in [-0.3, -0.25) is 5.32 Å². The quantitative estimate of drug-likeness (QED) is 0.796. The number of rotatable bonds is 2. The van der Waals surface area contributed by atoms with Crippen molar-refractivity contribution in [2.45, 2.75) is 0 Å². The molecular weight excluding hydrogens is 206 g/mol. The van der Waals surface area contributed by atoms with Crippen LogP contribution in [0.25, 0.3) is 0 Å². The van der Waals surface area contributed by atoms with Gasteiger partial charge < -0.3 is 10.1 Å².